The molecular formula is C18H18N2O2. The van der Waals surface area contributed by atoms with Crippen molar-refractivity contribution in [3.63, 3.8) is 0 Å². The molecule has 0 saturated carbocycles. The Morgan fingerprint density at radius 1 is 1.23 bits per heavy atom. The first-order valence-corrected chi connectivity index (χ1v) is 7.10. The summed E-state index contributed by atoms with van der Waals surface area (Å²) in [7, 11) is 0. The van der Waals surface area contributed by atoms with Crippen LogP contribution in [0.5, 0.6) is 0 Å². The molecule has 0 unspecified atom stereocenters. The average molecular weight is 294 g/mol. The number of alkyl carbamates (subject to hydrolysis) is 1. The average Bonchev–Trinajstić information content (AvgIpc) is 2.55. The molecule has 1 heterocycles. The zero-order valence-electron chi connectivity index (χ0n) is 12.5. The highest BCUT2D eigenvalue weighted by Gasteiger charge is 2.00. The van der Waals surface area contributed by atoms with Gasteiger partial charge in [-0.3, -0.25) is 4.98 Å². The number of hydrogen-bond donors (Lipinski definition) is 1. The summed E-state index contributed by atoms with van der Waals surface area (Å²) < 4.78 is 5.10. The number of rotatable bonds is 4. The molecular weight excluding hydrogens is 276 g/mol. The number of carbonyl (C=O) groups excluding carboxylic acids is 1. The molecule has 1 amide bonds. The van der Waals surface area contributed by atoms with Crippen molar-refractivity contribution < 1.29 is 9.53 Å². The first-order chi connectivity index (χ1) is 10.7. The summed E-state index contributed by atoms with van der Waals surface area (Å²) in [5, 5.41) is 2.67. The third kappa shape index (κ3) is 5.68. The SMILES string of the molecule is Cc1ccc(C#CCCNC(=O)OCc2ccccc2)cn1. The summed E-state index contributed by atoms with van der Waals surface area (Å²) in [6.07, 6.45) is 1.88. The molecule has 112 valence electrons. The highest BCUT2D eigenvalue weighted by molar-refractivity contribution is 5.67. The number of nitrogens with zero attached hydrogens (tertiary/aromatic N) is 1. The van der Waals surface area contributed by atoms with Gasteiger partial charge < -0.3 is 10.1 Å². The number of amides is 1. The third-order valence-corrected chi connectivity index (χ3v) is 2.88. The van der Waals surface area contributed by atoms with Gasteiger partial charge in [0.2, 0.25) is 0 Å². The summed E-state index contributed by atoms with van der Waals surface area (Å²) in [4.78, 5) is 15.7. The van der Waals surface area contributed by atoms with E-state index in [9.17, 15) is 4.79 Å². The van der Waals surface area contributed by atoms with Crippen molar-refractivity contribution in [3.05, 3.63) is 65.5 Å². The van der Waals surface area contributed by atoms with Gasteiger partial charge in [-0.25, -0.2) is 4.79 Å². The molecule has 0 atom stereocenters. The van der Waals surface area contributed by atoms with Crippen molar-refractivity contribution >= 4 is 6.09 Å². The van der Waals surface area contributed by atoms with Crippen LogP contribution in [0.2, 0.25) is 0 Å². The quantitative estimate of drug-likeness (QED) is 0.696. The molecule has 0 saturated heterocycles. The third-order valence-electron chi connectivity index (χ3n) is 2.88. The monoisotopic (exact) mass is 294 g/mol. The molecule has 22 heavy (non-hydrogen) atoms. The van der Waals surface area contributed by atoms with Gasteiger partial charge in [0.1, 0.15) is 6.61 Å². The standard InChI is InChI=1S/C18H18N2O2/c1-15-10-11-16(13-20-15)7-5-6-12-19-18(21)22-14-17-8-3-2-4-9-17/h2-4,8-11,13H,6,12,14H2,1H3,(H,19,21). The lowest BCUT2D eigenvalue weighted by molar-refractivity contribution is 0.140. The zero-order valence-corrected chi connectivity index (χ0v) is 12.5. The Morgan fingerprint density at radius 3 is 2.77 bits per heavy atom. The normalized spacial score (nSPS) is 9.50. The topological polar surface area (TPSA) is 51.2 Å². The van der Waals surface area contributed by atoms with Gasteiger partial charge in [-0.05, 0) is 24.6 Å². The second-order valence-electron chi connectivity index (χ2n) is 4.73. The Balaban J connectivity index is 1.64. The van der Waals surface area contributed by atoms with E-state index in [1.807, 2.05) is 49.4 Å². The second kappa shape index (κ2) is 8.48. The van der Waals surface area contributed by atoms with E-state index in [0.29, 0.717) is 13.0 Å². The van der Waals surface area contributed by atoms with Gasteiger partial charge in [-0.15, -0.1) is 0 Å². The Bertz CT molecular complexity index is 655. The van der Waals surface area contributed by atoms with Crippen LogP contribution in [0.3, 0.4) is 0 Å². The van der Waals surface area contributed by atoms with Gasteiger partial charge in [-0.1, -0.05) is 42.2 Å². The van der Waals surface area contributed by atoms with E-state index in [0.717, 1.165) is 16.8 Å². The molecule has 0 bridgehead atoms. The maximum atomic E-state index is 11.5. The summed E-state index contributed by atoms with van der Waals surface area (Å²) in [5.74, 6) is 5.99. The summed E-state index contributed by atoms with van der Waals surface area (Å²) in [5.41, 5.74) is 2.80. The van der Waals surface area contributed by atoms with E-state index in [1.165, 1.54) is 0 Å². The van der Waals surface area contributed by atoms with Gasteiger partial charge in [0.15, 0.2) is 0 Å². The number of ether oxygens (including phenoxy) is 1. The molecule has 4 heteroatoms. The minimum atomic E-state index is -0.428. The van der Waals surface area contributed by atoms with Gasteiger partial charge >= 0.3 is 6.09 Å². The van der Waals surface area contributed by atoms with Crippen molar-refractivity contribution in [1.82, 2.24) is 10.3 Å². The Morgan fingerprint density at radius 2 is 2.05 bits per heavy atom. The number of nitrogens with one attached hydrogen (secondary N) is 1. The molecule has 2 aromatic rings. The fraction of sp³-hybridized carbons (Fsp3) is 0.222. The summed E-state index contributed by atoms with van der Waals surface area (Å²) >= 11 is 0. The second-order valence-corrected chi connectivity index (χ2v) is 4.73. The maximum absolute atomic E-state index is 11.5. The lowest BCUT2D eigenvalue weighted by Crippen LogP contribution is -2.24. The van der Waals surface area contributed by atoms with Crippen LogP contribution < -0.4 is 5.32 Å². The Kier molecular flexibility index (Phi) is 6.01. The van der Waals surface area contributed by atoms with Crippen LogP contribution in [-0.2, 0) is 11.3 Å². The highest BCUT2D eigenvalue weighted by atomic mass is 16.5. The van der Waals surface area contributed by atoms with Crippen molar-refractivity contribution in [3.8, 4) is 11.8 Å². The minimum Gasteiger partial charge on any atom is -0.445 e. The fourth-order valence-electron chi connectivity index (χ4n) is 1.71. The van der Waals surface area contributed by atoms with Gasteiger partial charge in [0, 0.05) is 30.4 Å². The van der Waals surface area contributed by atoms with Crippen molar-refractivity contribution in [2.75, 3.05) is 6.54 Å². The predicted molar refractivity (Wildman–Crippen MR) is 85.1 cm³/mol. The van der Waals surface area contributed by atoms with Gasteiger partial charge in [0.25, 0.3) is 0 Å². The molecule has 2 rings (SSSR count). The van der Waals surface area contributed by atoms with Crippen LogP contribution in [0.15, 0.2) is 48.7 Å². The molecule has 0 aliphatic carbocycles. The lowest BCUT2D eigenvalue weighted by atomic mass is 10.2. The molecule has 0 aliphatic heterocycles. The smallest absolute Gasteiger partial charge is 0.407 e. The predicted octanol–water partition coefficient (Wildman–Crippen LogP) is 3.06. The molecule has 0 fully saturated rings. The fourth-order valence-corrected chi connectivity index (χ4v) is 1.71. The molecule has 1 aromatic carbocycles. The minimum absolute atomic E-state index is 0.271. The van der Waals surface area contributed by atoms with E-state index in [-0.39, 0.29) is 6.61 Å². The highest BCUT2D eigenvalue weighted by Crippen LogP contribution is 2.00. The first-order valence-electron chi connectivity index (χ1n) is 7.10. The van der Waals surface area contributed by atoms with Crippen molar-refractivity contribution in [2.45, 2.75) is 20.0 Å². The van der Waals surface area contributed by atoms with E-state index in [1.54, 1.807) is 6.20 Å². The number of pyridine rings is 1. The largest absolute Gasteiger partial charge is 0.445 e. The number of aromatic nitrogens is 1. The van der Waals surface area contributed by atoms with Crippen LogP contribution in [0.25, 0.3) is 0 Å². The van der Waals surface area contributed by atoms with E-state index in [4.69, 9.17) is 4.74 Å². The van der Waals surface area contributed by atoms with Crippen LogP contribution in [0.1, 0.15) is 23.2 Å². The molecule has 4 nitrogen and oxygen atoms in total. The summed E-state index contributed by atoms with van der Waals surface area (Å²) in [6, 6.07) is 13.4. The zero-order chi connectivity index (χ0) is 15.6. The van der Waals surface area contributed by atoms with Crippen LogP contribution in [-0.4, -0.2) is 17.6 Å². The van der Waals surface area contributed by atoms with Gasteiger partial charge in [0.05, 0.1) is 0 Å². The summed E-state index contributed by atoms with van der Waals surface area (Å²) in [6.45, 7) is 2.66. The van der Waals surface area contributed by atoms with Crippen molar-refractivity contribution in [2.24, 2.45) is 0 Å². The Labute approximate surface area is 130 Å². The molecule has 1 aromatic heterocycles. The number of benzene rings is 1. The number of aryl methyl sites for hydroxylation is 1. The first kappa shape index (κ1) is 15.6. The van der Waals surface area contributed by atoms with Crippen LogP contribution in [0, 0.1) is 18.8 Å². The van der Waals surface area contributed by atoms with E-state index >= 15 is 0 Å². The number of hydrogen-bond acceptors (Lipinski definition) is 3. The van der Waals surface area contributed by atoms with Gasteiger partial charge in [-0.2, -0.15) is 0 Å². The van der Waals surface area contributed by atoms with Crippen molar-refractivity contribution in [1.29, 1.82) is 0 Å². The van der Waals surface area contributed by atoms with Crippen LogP contribution in [0.4, 0.5) is 4.79 Å². The van der Waals surface area contributed by atoms with E-state index < -0.39 is 6.09 Å². The van der Waals surface area contributed by atoms with E-state index in [2.05, 4.69) is 22.1 Å². The molecule has 1 N–H and O–H groups in total. The number of carbonyl (C=O) groups is 1. The Hall–Kier alpha value is -2.80. The molecule has 0 aliphatic rings. The van der Waals surface area contributed by atoms with Crippen LogP contribution >= 0.6 is 0 Å². The molecule has 0 spiro atoms. The maximum Gasteiger partial charge on any atom is 0.407 e. The molecule has 0 radical (unpaired) electrons. The lowest BCUT2D eigenvalue weighted by Gasteiger charge is -2.05.